The van der Waals surface area contributed by atoms with Gasteiger partial charge in [-0.25, -0.2) is 0 Å². The highest BCUT2D eigenvalue weighted by molar-refractivity contribution is 5.59. The third kappa shape index (κ3) is 5.07. The van der Waals surface area contributed by atoms with E-state index in [1.54, 1.807) is 0 Å². The lowest BCUT2D eigenvalue weighted by molar-refractivity contribution is 0.315. The molecule has 1 saturated heterocycles. The molecule has 3 aromatic carbocycles. The van der Waals surface area contributed by atoms with Crippen molar-refractivity contribution in [1.82, 2.24) is 15.1 Å². The van der Waals surface area contributed by atoms with Crippen LogP contribution in [0.2, 0.25) is 0 Å². The van der Waals surface area contributed by atoms with Gasteiger partial charge in [0.15, 0.2) is 0 Å². The Kier molecular flexibility index (Phi) is 6.09. The molecule has 0 radical (unpaired) electrons. The number of aromatic nitrogens is 2. The van der Waals surface area contributed by atoms with E-state index in [1.807, 2.05) is 54.6 Å². The van der Waals surface area contributed by atoms with Gasteiger partial charge in [-0.15, -0.1) is 10.2 Å². The minimum absolute atomic E-state index is 0.549. The zero-order valence-electron chi connectivity index (χ0n) is 19.0. The van der Waals surface area contributed by atoms with Gasteiger partial charge >= 0.3 is 0 Å². The van der Waals surface area contributed by atoms with Crippen LogP contribution in [-0.4, -0.2) is 48.3 Å². The Morgan fingerprint density at radius 2 is 1.64 bits per heavy atom. The predicted octanol–water partition coefficient (Wildman–Crippen LogP) is 5.26. The van der Waals surface area contributed by atoms with Gasteiger partial charge in [0.25, 0.3) is 0 Å². The van der Waals surface area contributed by atoms with E-state index < -0.39 is 0 Å². The van der Waals surface area contributed by atoms with Crippen molar-refractivity contribution in [2.75, 3.05) is 32.1 Å². The fourth-order valence-corrected chi connectivity index (χ4v) is 4.13. The molecule has 0 spiro atoms. The van der Waals surface area contributed by atoms with Crippen molar-refractivity contribution in [2.45, 2.75) is 18.9 Å². The van der Waals surface area contributed by atoms with Gasteiger partial charge in [0.05, 0.1) is 6.42 Å². The maximum atomic E-state index is 5.94. The Hall–Kier alpha value is -3.64. The summed E-state index contributed by atoms with van der Waals surface area (Å²) in [6.07, 6.45) is 1.78. The molecule has 1 aromatic heterocycles. The number of hydrogen-bond donors (Lipinski definition) is 0. The van der Waals surface area contributed by atoms with Gasteiger partial charge in [0.1, 0.15) is 11.5 Å². The molecule has 0 aliphatic carbocycles. The first-order valence-electron chi connectivity index (χ1n) is 11.3. The highest BCUT2D eigenvalue weighted by Gasteiger charge is 2.24. The van der Waals surface area contributed by atoms with Gasteiger partial charge in [-0.2, -0.15) is 0 Å². The van der Waals surface area contributed by atoms with Crippen LogP contribution in [0.3, 0.4) is 0 Å². The number of nitrogens with zero attached hydrogens (tertiary/aromatic N) is 4. The molecule has 6 nitrogen and oxygen atoms in total. The second kappa shape index (κ2) is 9.46. The normalized spacial score (nSPS) is 15.8. The number of para-hydroxylation sites is 1. The van der Waals surface area contributed by atoms with E-state index in [9.17, 15) is 0 Å². The lowest BCUT2D eigenvalue weighted by atomic mass is 10.1. The molecule has 168 valence electrons. The monoisotopic (exact) mass is 440 g/mol. The van der Waals surface area contributed by atoms with Crippen LogP contribution in [0.4, 0.5) is 5.69 Å². The number of hydrogen-bond acceptors (Lipinski definition) is 6. The molecule has 4 aromatic rings. The fraction of sp³-hybridized carbons (Fsp3) is 0.259. The van der Waals surface area contributed by atoms with E-state index in [2.05, 4.69) is 58.4 Å². The molecule has 0 saturated carbocycles. The van der Waals surface area contributed by atoms with Crippen LogP contribution in [-0.2, 0) is 6.42 Å². The average molecular weight is 441 g/mol. The van der Waals surface area contributed by atoms with Crippen LogP contribution in [0.15, 0.2) is 83.3 Å². The third-order valence-corrected chi connectivity index (χ3v) is 6.10. The first-order chi connectivity index (χ1) is 16.1. The van der Waals surface area contributed by atoms with Gasteiger partial charge in [-0.3, -0.25) is 0 Å². The SMILES string of the molecule is CN(C)C1CCN(c2ccc(-c3nnc(Cc4ccc(Oc5ccccc5)cc4)o3)cc2)C1. The largest absolute Gasteiger partial charge is 0.457 e. The molecule has 1 atom stereocenters. The smallest absolute Gasteiger partial charge is 0.247 e. The van der Waals surface area contributed by atoms with Crippen molar-refractivity contribution >= 4 is 5.69 Å². The molecule has 0 N–H and O–H groups in total. The van der Waals surface area contributed by atoms with Gasteiger partial charge in [-0.05, 0) is 74.6 Å². The summed E-state index contributed by atoms with van der Waals surface area (Å²) < 4.78 is 11.8. The van der Waals surface area contributed by atoms with Gasteiger partial charge in [0.2, 0.25) is 11.8 Å². The molecule has 5 rings (SSSR count). The van der Waals surface area contributed by atoms with E-state index in [4.69, 9.17) is 9.15 Å². The standard InChI is InChI=1S/C27H28N4O2/c1-30(2)23-16-17-31(19-23)22-12-10-21(11-13-22)27-29-28-26(33-27)18-20-8-14-25(15-9-20)32-24-6-4-3-5-7-24/h3-15,23H,16-19H2,1-2H3. The van der Waals surface area contributed by atoms with Crippen LogP contribution < -0.4 is 9.64 Å². The van der Waals surface area contributed by atoms with Crippen LogP contribution in [0.5, 0.6) is 11.5 Å². The number of rotatable bonds is 7. The summed E-state index contributed by atoms with van der Waals surface area (Å²) in [4.78, 5) is 4.73. The molecular formula is C27H28N4O2. The van der Waals surface area contributed by atoms with E-state index in [-0.39, 0.29) is 0 Å². The number of anilines is 1. The van der Waals surface area contributed by atoms with E-state index >= 15 is 0 Å². The topological polar surface area (TPSA) is 54.6 Å². The molecule has 0 bridgehead atoms. The maximum absolute atomic E-state index is 5.94. The van der Waals surface area contributed by atoms with Crippen molar-refractivity contribution in [1.29, 1.82) is 0 Å². The van der Waals surface area contributed by atoms with E-state index in [1.165, 1.54) is 12.1 Å². The lowest BCUT2D eigenvalue weighted by Gasteiger charge is -2.21. The summed E-state index contributed by atoms with van der Waals surface area (Å²) in [6.45, 7) is 2.15. The summed E-state index contributed by atoms with van der Waals surface area (Å²) in [5.74, 6) is 2.76. The minimum Gasteiger partial charge on any atom is -0.457 e. The van der Waals surface area contributed by atoms with Crippen LogP contribution in [0.25, 0.3) is 11.5 Å². The van der Waals surface area contributed by atoms with Crippen LogP contribution in [0, 0.1) is 0 Å². The summed E-state index contributed by atoms with van der Waals surface area (Å²) in [6, 6.07) is 26.7. The molecule has 1 fully saturated rings. The summed E-state index contributed by atoms with van der Waals surface area (Å²) >= 11 is 0. The summed E-state index contributed by atoms with van der Waals surface area (Å²) in [5.41, 5.74) is 3.26. The van der Waals surface area contributed by atoms with Crippen molar-refractivity contribution in [3.8, 4) is 23.0 Å². The highest BCUT2D eigenvalue weighted by Crippen LogP contribution is 2.27. The van der Waals surface area contributed by atoms with Crippen LogP contribution in [0.1, 0.15) is 17.9 Å². The molecule has 6 heteroatoms. The minimum atomic E-state index is 0.549. The highest BCUT2D eigenvalue weighted by atomic mass is 16.5. The average Bonchev–Trinajstić information content (AvgIpc) is 3.52. The molecule has 0 amide bonds. The Labute approximate surface area is 194 Å². The zero-order chi connectivity index (χ0) is 22.6. The molecule has 1 unspecified atom stereocenters. The second-order valence-electron chi connectivity index (χ2n) is 8.64. The van der Waals surface area contributed by atoms with Gasteiger partial charge < -0.3 is 19.0 Å². The van der Waals surface area contributed by atoms with E-state index in [0.717, 1.165) is 35.7 Å². The van der Waals surface area contributed by atoms with Gasteiger partial charge in [0, 0.05) is 30.4 Å². The molecule has 1 aliphatic rings. The number of ether oxygens (including phenoxy) is 1. The van der Waals surface area contributed by atoms with Crippen molar-refractivity contribution in [2.24, 2.45) is 0 Å². The number of likely N-dealkylation sites (N-methyl/N-ethyl adjacent to an activating group) is 1. The summed E-state index contributed by atoms with van der Waals surface area (Å²) in [7, 11) is 4.30. The van der Waals surface area contributed by atoms with Crippen molar-refractivity contribution in [3.05, 3.63) is 90.3 Å². The summed E-state index contributed by atoms with van der Waals surface area (Å²) in [5, 5.41) is 8.50. The first kappa shape index (κ1) is 21.2. The fourth-order valence-electron chi connectivity index (χ4n) is 4.13. The van der Waals surface area contributed by atoms with Crippen molar-refractivity contribution in [3.63, 3.8) is 0 Å². The molecule has 33 heavy (non-hydrogen) atoms. The van der Waals surface area contributed by atoms with Crippen molar-refractivity contribution < 1.29 is 9.15 Å². The Balaban J connectivity index is 1.20. The molecule has 2 heterocycles. The first-order valence-corrected chi connectivity index (χ1v) is 11.3. The Morgan fingerprint density at radius 3 is 2.33 bits per heavy atom. The molecular weight excluding hydrogens is 412 g/mol. The number of benzene rings is 3. The third-order valence-electron chi connectivity index (χ3n) is 6.10. The second-order valence-corrected chi connectivity index (χ2v) is 8.64. The quantitative estimate of drug-likeness (QED) is 0.391. The maximum Gasteiger partial charge on any atom is 0.247 e. The predicted molar refractivity (Wildman–Crippen MR) is 130 cm³/mol. The van der Waals surface area contributed by atoms with Gasteiger partial charge in [-0.1, -0.05) is 30.3 Å². The van der Waals surface area contributed by atoms with E-state index in [0.29, 0.717) is 24.2 Å². The lowest BCUT2D eigenvalue weighted by Crippen LogP contribution is -2.31. The molecule has 1 aliphatic heterocycles. The zero-order valence-corrected chi connectivity index (χ0v) is 19.0. The Morgan fingerprint density at radius 1 is 0.909 bits per heavy atom. The Bertz CT molecular complexity index is 1170. The van der Waals surface area contributed by atoms with Crippen LogP contribution >= 0.6 is 0 Å².